The lowest BCUT2D eigenvalue weighted by Crippen LogP contribution is -2.10. The number of nitrogens with two attached hydrogens (primary N) is 1. The van der Waals surface area contributed by atoms with Crippen LogP contribution >= 0.6 is 12.2 Å². The molecule has 0 aliphatic carbocycles. The second-order valence-electron chi connectivity index (χ2n) is 4.25. The SMILES string of the molecule is NC(=S)Cc1ccc(OCCc2cccnc2)cc1. The van der Waals surface area contributed by atoms with Crippen LogP contribution < -0.4 is 10.5 Å². The Hall–Kier alpha value is -1.94. The summed E-state index contributed by atoms with van der Waals surface area (Å²) in [6, 6.07) is 11.8. The van der Waals surface area contributed by atoms with Gasteiger partial charge in [-0.05, 0) is 29.3 Å². The van der Waals surface area contributed by atoms with Crippen LogP contribution in [0.5, 0.6) is 5.75 Å². The summed E-state index contributed by atoms with van der Waals surface area (Å²) in [5.74, 6) is 0.857. The molecule has 1 aromatic carbocycles. The maximum Gasteiger partial charge on any atom is 0.119 e. The molecule has 0 unspecified atom stereocenters. The fourth-order valence-corrected chi connectivity index (χ4v) is 1.90. The van der Waals surface area contributed by atoms with Gasteiger partial charge in [0.2, 0.25) is 0 Å². The Labute approximate surface area is 118 Å². The van der Waals surface area contributed by atoms with E-state index in [1.165, 1.54) is 5.56 Å². The number of hydrogen-bond donors (Lipinski definition) is 1. The minimum atomic E-state index is 0.505. The van der Waals surface area contributed by atoms with Crippen LogP contribution in [0, 0.1) is 0 Å². The second-order valence-corrected chi connectivity index (χ2v) is 4.77. The van der Waals surface area contributed by atoms with E-state index in [0.29, 0.717) is 18.0 Å². The molecule has 0 bridgehead atoms. The van der Waals surface area contributed by atoms with E-state index in [4.69, 9.17) is 22.7 Å². The Kier molecular flexibility index (Phi) is 4.86. The molecule has 0 aliphatic heterocycles. The van der Waals surface area contributed by atoms with Crippen LogP contribution in [0.1, 0.15) is 11.1 Å². The molecule has 1 aromatic heterocycles. The molecular formula is C15H16N2OS. The van der Waals surface area contributed by atoms with Gasteiger partial charge in [-0.15, -0.1) is 0 Å². The Morgan fingerprint density at radius 3 is 2.58 bits per heavy atom. The highest BCUT2D eigenvalue weighted by Gasteiger charge is 1.98. The molecule has 2 aromatic rings. The van der Waals surface area contributed by atoms with E-state index in [2.05, 4.69) is 4.98 Å². The number of benzene rings is 1. The van der Waals surface area contributed by atoms with Crippen molar-refractivity contribution in [3.8, 4) is 5.75 Å². The van der Waals surface area contributed by atoms with Crippen molar-refractivity contribution in [3.63, 3.8) is 0 Å². The van der Waals surface area contributed by atoms with Crippen molar-refractivity contribution in [1.82, 2.24) is 4.98 Å². The quantitative estimate of drug-likeness (QED) is 0.821. The van der Waals surface area contributed by atoms with E-state index < -0.39 is 0 Å². The van der Waals surface area contributed by atoms with Gasteiger partial charge >= 0.3 is 0 Å². The molecule has 2 N–H and O–H groups in total. The lowest BCUT2D eigenvalue weighted by atomic mass is 10.1. The van der Waals surface area contributed by atoms with Crippen LogP contribution in [0.4, 0.5) is 0 Å². The summed E-state index contributed by atoms with van der Waals surface area (Å²) in [4.78, 5) is 4.57. The summed E-state index contributed by atoms with van der Waals surface area (Å²) in [6.45, 7) is 0.639. The van der Waals surface area contributed by atoms with Crippen LogP contribution in [0.3, 0.4) is 0 Å². The average Bonchev–Trinajstić information content (AvgIpc) is 2.41. The van der Waals surface area contributed by atoms with Gasteiger partial charge in [-0.2, -0.15) is 0 Å². The number of pyridine rings is 1. The summed E-state index contributed by atoms with van der Waals surface area (Å²) >= 11 is 4.88. The first-order valence-corrected chi connectivity index (χ1v) is 6.54. The van der Waals surface area contributed by atoms with Gasteiger partial charge in [0.05, 0.1) is 11.6 Å². The first-order valence-electron chi connectivity index (χ1n) is 6.13. The van der Waals surface area contributed by atoms with Crippen molar-refractivity contribution in [2.75, 3.05) is 6.61 Å². The zero-order valence-electron chi connectivity index (χ0n) is 10.6. The van der Waals surface area contributed by atoms with E-state index in [0.717, 1.165) is 17.7 Å². The predicted molar refractivity (Wildman–Crippen MR) is 80.4 cm³/mol. The smallest absolute Gasteiger partial charge is 0.119 e. The number of hydrogen-bond acceptors (Lipinski definition) is 3. The van der Waals surface area contributed by atoms with Crippen molar-refractivity contribution < 1.29 is 4.74 Å². The number of ether oxygens (including phenoxy) is 1. The Morgan fingerprint density at radius 1 is 1.16 bits per heavy atom. The number of thiocarbonyl (C=S) groups is 1. The third kappa shape index (κ3) is 4.67. The minimum Gasteiger partial charge on any atom is -0.493 e. The van der Waals surface area contributed by atoms with E-state index >= 15 is 0 Å². The average molecular weight is 272 g/mol. The third-order valence-electron chi connectivity index (χ3n) is 2.68. The van der Waals surface area contributed by atoms with Crippen LogP contribution in [0.2, 0.25) is 0 Å². The molecular weight excluding hydrogens is 256 g/mol. The molecule has 0 saturated carbocycles. The molecule has 4 heteroatoms. The van der Waals surface area contributed by atoms with Gasteiger partial charge in [-0.3, -0.25) is 4.98 Å². The zero-order chi connectivity index (χ0) is 13.5. The number of rotatable bonds is 6. The molecule has 0 radical (unpaired) electrons. The summed E-state index contributed by atoms with van der Waals surface area (Å²) < 4.78 is 5.68. The van der Waals surface area contributed by atoms with Crippen LogP contribution in [0.15, 0.2) is 48.8 Å². The second kappa shape index (κ2) is 6.85. The van der Waals surface area contributed by atoms with Crippen molar-refractivity contribution in [3.05, 3.63) is 59.9 Å². The molecule has 0 aliphatic rings. The topological polar surface area (TPSA) is 48.1 Å². The normalized spacial score (nSPS) is 10.1. The van der Waals surface area contributed by atoms with Gasteiger partial charge in [-0.25, -0.2) is 0 Å². The van der Waals surface area contributed by atoms with Crippen molar-refractivity contribution in [2.45, 2.75) is 12.8 Å². The molecule has 0 amide bonds. The predicted octanol–water partition coefficient (Wildman–Crippen LogP) is 2.53. The Balaban J connectivity index is 1.81. The minimum absolute atomic E-state index is 0.505. The molecule has 0 spiro atoms. The van der Waals surface area contributed by atoms with E-state index in [-0.39, 0.29) is 0 Å². The Morgan fingerprint density at radius 2 is 1.95 bits per heavy atom. The standard InChI is InChI=1S/C15H16N2OS/c16-15(19)10-12-3-5-14(6-4-12)18-9-7-13-2-1-8-17-11-13/h1-6,8,11H,7,9-10H2,(H2,16,19). The lowest BCUT2D eigenvalue weighted by Gasteiger charge is -2.07. The van der Waals surface area contributed by atoms with Gasteiger partial charge in [0.15, 0.2) is 0 Å². The molecule has 0 fully saturated rings. The van der Waals surface area contributed by atoms with Crippen LogP contribution in [0.25, 0.3) is 0 Å². The fraction of sp³-hybridized carbons (Fsp3) is 0.200. The number of nitrogens with zero attached hydrogens (tertiary/aromatic N) is 1. The lowest BCUT2D eigenvalue weighted by molar-refractivity contribution is 0.322. The van der Waals surface area contributed by atoms with Crippen molar-refractivity contribution in [1.29, 1.82) is 0 Å². The molecule has 3 nitrogen and oxygen atoms in total. The maximum atomic E-state index is 5.68. The van der Waals surface area contributed by atoms with Gasteiger partial charge in [0.1, 0.15) is 5.75 Å². The van der Waals surface area contributed by atoms with Gasteiger partial charge in [0.25, 0.3) is 0 Å². The number of aromatic nitrogens is 1. The van der Waals surface area contributed by atoms with Gasteiger partial charge in [-0.1, -0.05) is 30.4 Å². The van der Waals surface area contributed by atoms with Gasteiger partial charge in [0, 0.05) is 25.2 Å². The van der Waals surface area contributed by atoms with E-state index in [1.54, 1.807) is 6.20 Å². The summed E-state index contributed by atoms with van der Waals surface area (Å²) in [7, 11) is 0. The molecule has 98 valence electrons. The molecule has 0 atom stereocenters. The molecule has 0 saturated heterocycles. The van der Waals surface area contributed by atoms with E-state index in [1.807, 2.05) is 42.6 Å². The highest BCUT2D eigenvalue weighted by atomic mass is 32.1. The Bertz CT molecular complexity index is 526. The molecule has 1 heterocycles. The zero-order valence-corrected chi connectivity index (χ0v) is 11.4. The van der Waals surface area contributed by atoms with Crippen molar-refractivity contribution in [2.24, 2.45) is 5.73 Å². The van der Waals surface area contributed by atoms with Gasteiger partial charge < -0.3 is 10.5 Å². The largest absolute Gasteiger partial charge is 0.493 e. The fourth-order valence-electron chi connectivity index (χ4n) is 1.74. The summed E-state index contributed by atoms with van der Waals surface area (Å²) in [5, 5.41) is 0. The highest BCUT2D eigenvalue weighted by Crippen LogP contribution is 2.13. The van der Waals surface area contributed by atoms with Crippen LogP contribution in [-0.4, -0.2) is 16.6 Å². The summed E-state index contributed by atoms with van der Waals surface area (Å²) in [6.07, 6.45) is 5.10. The molecule has 19 heavy (non-hydrogen) atoms. The highest BCUT2D eigenvalue weighted by molar-refractivity contribution is 7.80. The first kappa shape index (κ1) is 13.5. The molecule has 2 rings (SSSR count). The van der Waals surface area contributed by atoms with E-state index in [9.17, 15) is 0 Å². The first-order chi connectivity index (χ1) is 9.24. The third-order valence-corrected chi connectivity index (χ3v) is 2.83. The van der Waals surface area contributed by atoms with Crippen LogP contribution in [-0.2, 0) is 12.8 Å². The van der Waals surface area contributed by atoms with Crippen molar-refractivity contribution >= 4 is 17.2 Å². The monoisotopic (exact) mass is 272 g/mol. The maximum absolute atomic E-state index is 5.68. The summed E-state index contributed by atoms with van der Waals surface area (Å²) in [5.41, 5.74) is 7.78.